The van der Waals surface area contributed by atoms with Crippen molar-refractivity contribution >= 4 is 5.91 Å². The van der Waals surface area contributed by atoms with Gasteiger partial charge in [-0.1, -0.05) is 84.9 Å². The Morgan fingerprint density at radius 1 is 0.806 bits per heavy atom. The van der Waals surface area contributed by atoms with E-state index in [4.69, 9.17) is 9.15 Å². The Bertz CT molecular complexity index is 1200. The summed E-state index contributed by atoms with van der Waals surface area (Å²) in [5.41, 5.74) is 3.71. The van der Waals surface area contributed by atoms with E-state index in [9.17, 15) is 9.59 Å². The van der Waals surface area contributed by atoms with Gasteiger partial charge in [0.15, 0.2) is 5.76 Å². The summed E-state index contributed by atoms with van der Waals surface area (Å²) in [6.07, 6.45) is 1.18. The standard InChI is InChI=1S/C26H21NO4/c28-23-15-24(31-18-25(23)30-17-20-7-3-1-4-8-20)26(29)27-16-19-11-13-22(14-12-19)21-9-5-2-6-10-21/h1-15,18H,16-17H2,(H,27,29). The fourth-order valence-corrected chi connectivity index (χ4v) is 3.07. The van der Waals surface area contributed by atoms with Crippen molar-refractivity contribution in [1.29, 1.82) is 0 Å². The van der Waals surface area contributed by atoms with Crippen molar-refractivity contribution in [2.24, 2.45) is 0 Å². The predicted molar refractivity (Wildman–Crippen MR) is 119 cm³/mol. The molecule has 0 spiro atoms. The topological polar surface area (TPSA) is 68.5 Å². The molecule has 0 atom stereocenters. The minimum absolute atomic E-state index is 0.0574. The molecule has 1 amide bonds. The Morgan fingerprint density at radius 3 is 2.13 bits per heavy atom. The van der Waals surface area contributed by atoms with Gasteiger partial charge >= 0.3 is 0 Å². The van der Waals surface area contributed by atoms with Gasteiger partial charge in [0.2, 0.25) is 11.2 Å². The maximum Gasteiger partial charge on any atom is 0.287 e. The second-order valence-corrected chi connectivity index (χ2v) is 6.99. The number of nitrogens with one attached hydrogen (secondary N) is 1. The third kappa shape index (κ3) is 5.28. The van der Waals surface area contributed by atoms with Gasteiger partial charge in [-0.3, -0.25) is 9.59 Å². The molecule has 0 bridgehead atoms. The lowest BCUT2D eigenvalue weighted by molar-refractivity contribution is 0.0919. The normalized spacial score (nSPS) is 10.5. The van der Waals surface area contributed by atoms with Crippen molar-refractivity contribution in [3.63, 3.8) is 0 Å². The van der Waals surface area contributed by atoms with Crippen LogP contribution in [-0.4, -0.2) is 5.91 Å². The summed E-state index contributed by atoms with van der Waals surface area (Å²) >= 11 is 0. The van der Waals surface area contributed by atoms with Crippen LogP contribution in [0.2, 0.25) is 0 Å². The quantitative estimate of drug-likeness (QED) is 0.474. The number of ether oxygens (including phenoxy) is 1. The van der Waals surface area contributed by atoms with E-state index in [2.05, 4.69) is 5.32 Å². The molecular formula is C26H21NO4. The van der Waals surface area contributed by atoms with Gasteiger partial charge in [0.1, 0.15) is 12.9 Å². The van der Waals surface area contributed by atoms with Crippen molar-refractivity contribution in [2.75, 3.05) is 0 Å². The fourth-order valence-electron chi connectivity index (χ4n) is 3.07. The molecule has 0 radical (unpaired) electrons. The maximum atomic E-state index is 12.4. The lowest BCUT2D eigenvalue weighted by Gasteiger charge is -2.08. The second-order valence-electron chi connectivity index (χ2n) is 6.99. The Hall–Kier alpha value is -4.12. The molecule has 0 aliphatic carbocycles. The molecule has 4 aromatic rings. The molecule has 0 saturated heterocycles. The van der Waals surface area contributed by atoms with Gasteiger partial charge in [-0.05, 0) is 22.3 Å². The van der Waals surface area contributed by atoms with Gasteiger partial charge in [0.25, 0.3) is 5.91 Å². The zero-order valence-electron chi connectivity index (χ0n) is 16.8. The van der Waals surface area contributed by atoms with Gasteiger partial charge in [0, 0.05) is 12.6 Å². The highest BCUT2D eigenvalue weighted by molar-refractivity contribution is 5.91. The van der Waals surface area contributed by atoms with Crippen LogP contribution in [0.4, 0.5) is 0 Å². The summed E-state index contributed by atoms with van der Waals surface area (Å²) in [6, 6.07) is 28.6. The van der Waals surface area contributed by atoms with Crippen molar-refractivity contribution in [1.82, 2.24) is 5.32 Å². The first-order valence-electron chi connectivity index (χ1n) is 9.91. The monoisotopic (exact) mass is 411 g/mol. The summed E-state index contributed by atoms with van der Waals surface area (Å²) in [6.45, 7) is 0.569. The Balaban J connectivity index is 1.34. The van der Waals surface area contributed by atoms with Crippen molar-refractivity contribution in [2.45, 2.75) is 13.2 Å². The van der Waals surface area contributed by atoms with E-state index < -0.39 is 11.3 Å². The van der Waals surface area contributed by atoms with Crippen LogP contribution < -0.4 is 15.5 Å². The Kier molecular flexibility index (Phi) is 6.24. The highest BCUT2D eigenvalue weighted by Gasteiger charge is 2.12. The first kappa shape index (κ1) is 20.2. The average molecular weight is 411 g/mol. The van der Waals surface area contributed by atoms with Crippen LogP contribution in [0, 0.1) is 0 Å². The summed E-state index contributed by atoms with van der Waals surface area (Å²) in [5.74, 6) is -0.450. The minimum atomic E-state index is -0.459. The molecule has 5 nitrogen and oxygen atoms in total. The zero-order valence-corrected chi connectivity index (χ0v) is 16.8. The molecular weight excluding hydrogens is 390 g/mol. The van der Waals surface area contributed by atoms with E-state index in [-0.39, 0.29) is 18.1 Å². The molecule has 1 aromatic heterocycles. The molecule has 5 heteroatoms. The van der Waals surface area contributed by atoms with Crippen LogP contribution in [0.3, 0.4) is 0 Å². The zero-order chi connectivity index (χ0) is 21.5. The molecule has 4 rings (SSSR count). The van der Waals surface area contributed by atoms with Crippen LogP contribution in [0.1, 0.15) is 21.7 Å². The Labute approximate surface area is 179 Å². The molecule has 0 saturated carbocycles. The average Bonchev–Trinajstić information content (AvgIpc) is 2.83. The van der Waals surface area contributed by atoms with Crippen LogP contribution in [0.15, 0.2) is 106 Å². The van der Waals surface area contributed by atoms with Crippen LogP contribution >= 0.6 is 0 Å². The minimum Gasteiger partial charge on any atom is -0.482 e. The van der Waals surface area contributed by atoms with Gasteiger partial charge < -0.3 is 14.5 Å². The third-order valence-electron chi connectivity index (χ3n) is 4.77. The van der Waals surface area contributed by atoms with E-state index in [1.165, 1.54) is 6.26 Å². The maximum absolute atomic E-state index is 12.4. The number of benzene rings is 3. The summed E-state index contributed by atoms with van der Waals surface area (Å²) in [7, 11) is 0. The second kappa shape index (κ2) is 9.59. The van der Waals surface area contributed by atoms with Crippen molar-refractivity contribution in [3.05, 3.63) is 124 Å². The number of rotatable bonds is 7. The van der Waals surface area contributed by atoms with Crippen molar-refractivity contribution in [3.8, 4) is 16.9 Å². The molecule has 31 heavy (non-hydrogen) atoms. The first-order valence-corrected chi connectivity index (χ1v) is 9.91. The SMILES string of the molecule is O=C(NCc1ccc(-c2ccccc2)cc1)c1cc(=O)c(OCc2ccccc2)co1. The molecule has 154 valence electrons. The molecule has 0 aliphatic heterocycles. The van der Waals surface area contributed by atoms with E-state index in [0.29, 0.717) is 6.54 Å². The first-order chi connectivity index (χ1) is 15.2. The van der Waals surface area contributed by atoms with Crippen LogP contribution in [-0.2, 0) is 13.2 Å². The number of hydrogen-bond acceptors (Lipinski definition) is 4. The summed E-state index contributed by atoms with van der Waals surface area (Å²) in [4.78, 5) is 24.6. The van der Waals surface area contributed by atoms with Gasteiger partial charge in [-0.25, -0.2) is 0 Å². The van der Waals surface area contributed by atoms with Gasteiger partial charge in [-0.15, -0.1) is 0 Å². The molecule has 0 aliphatic rings. The van der Waals surface area contributed by atoms with Gasteiger partial charge in [0.05, 0.1) is 0 Å². The highest BCUT2D eigenvalue weighted by Crippen LogP contribution is 2.19. The van der Waals surface area contributed by atoms with Crippen LogP contribution in [0.5, 0.6) is 5.75 Å². The lowest BCUT2D eigenvalue weighted by Crippen LogP contribution is -2.24. The molecule has 1 N–H and O–H groups in total. The van der Waals surface area contributed by atoms with Gasteiger partial charge in [-0.2, -0.15) is 0 Å². The van der Waals surface area contributed by atoms with E-state index in [1.54, 1.807) is 0 Å². The van der Waals surface area contributed by atoms with Crippen molar-refractivity contribution < 1.29 is 13.9 Å². The van der Waals surface area contributed by atoms with E-state index in [1.807, 2.05) is 84.9 Å². The molecule has 0 fully saturated rings. The number of carbonyl (C=O) groups is 1. The smallest absolute Gasteiger partial charge is 0.287 e. The summed E-state index contributed by atoms with van der Waals surface area (Å²) in [5, 5.41) is 2.77. The molecule has 3 aromatic carbocycles. The highest BCUT2D eigenvalue weighted by atomic mass is 16.5. The predicted octanol–water partition coefficient (Wildman–Crippen LogP) is 4.82. The van der Waals surface area contributed by atoms with Crippen LogP contribution in [0.25, 0.3) is 11.1 Å². The fraction of sp³-hybridized carbons (Fsp3) is 0.0769. The lowest BCUT2D eigenvalue weighted by atomic mass is 10.0. The Morgan fingerprint density at radius 2 is 1.45 bits per heavy atom. The largest absolute Gasteiger partial charge is 0.482 e. The number of amides is 1. The number of hydrogen-bond donors (Lipinski definition) is 1. The van der Waals surface area contributed by atoms with E-state index >= 15 is 0 Å². The van der Waals surface area contributed by atoms with E-state index in [0.717, 1.165) is 28.3 Å². The molecule has 0 unspecified atom stereocenters. The summed E-state index contributed by atoms with van der Waals surface area (Å²) < 4.78 is 10.8. The third-order valence-corrected chi connectivity index (χ3v) is 4.77. The number of carbonyl (C=O) groups excluding carboxylic acids is 1. The molecule has 1 heterocycles.